The molecule has 4 rings (SSSR count). The lowest BCUT2D eigenvalue weighted by Gasteiger charge is -2.15. The van der Waals surface area contributed by atoms with Crippen molar-refractivity contribution in [3.05, 3.63) is 76.6 Å². The number of hydrogen-bond acceptors (Lipinski definition) is 6. The standard InChI is InChI=1S/C22H13ClF5N7O2/c1-2-13(36)34-12-5-9(24)7-29-20(12)14-16(25)18(27)15(19(28)17(14)26)22(37)33-10-6-11(23)21(30-8-10)35-31-3-4-32-35/h3-8H,2H2,1H3,(H,33,37)(H,34,36). The van der Waals surface area contributed by atoms with Crippen LogP contribution in [0.4, 0.5) is 33.3 Å². The van der Waals surface area contributed by atoms with Crippen molar-refractivity contribution in [2.24, 2.45) is 0 Å². The summed E-state index contributed by atoms with van der Waals surface area (Å²) in [5.74, 6) is -11.3. The number of hydrogen-bond donors (Lipinski definition) is 2. The molecule has 0 atom stereocenters. The van der Waals surface area contributed by atoms with E-state index in [4.69, 9.17) is 11.6 Å². The van der Waals surface area contributed by atoms with E-state index in [1.807, 2.05) is 5.32 Å². The van der Waals surface area contributed by atoms with E-state index >= 15 is 8.78 Å². The van der Waals surface area contributed by atoms with Gasteiger partial charge in [-0.2, -0.15) is 10.2 Å². The molecule has 2 amide bonds. The average molecular weight is 538 g/mol. The molecule has 190 valence electrons. The Morgan fingerprint density at radius 2 is 1.57 bits per heavy atom. The summed E-state index contributed by atoms with van der Waals surface area (Å²) in [4.78, 5) is 32.8. The first-order valence-corrected chi connectivity index (χ1v) is 10.6. The maximum Gasteiger partial charge on any atom is 0.261 e. The van der Waals surface area contributed by atoms with Crippen molar-refractivity contribution in [2.75, 3.05) is 10.6 Å². The van der Waals surface area contributed by atoms with E-state index in [-0.39, 0.29) is 22.9 Å². The van der Waals surface area contributed by atoms with E-state index in [1.165, 1.54) is 19.3 Å². The molecule has 4 aromatic rings. The molecule has 3 heterocycles. The minimum absolute atomic E-state index is 0.0632. The lowest BCUT2D eigenvalue weighted by Crippen LogP contribution is -2.20. The second-order valence-corrected chi connectivity index (χ2v) is 7.67. The minimum atomic E-state index is -2.05. The number of nitrogens with one attached hydrogen (secondary N) is 2. The zero-order chi connectivity index (χ0) is 26.9. The normalized spacial score (nSPS) is 10.9. The second-order valence-electron chi connectivity index (χ2n) is 7.26. The van der Waals surface area contributed by atoms with E-state index in [9.17, 15) is 22.8 Å². The molecular weight excluding hydrogens is 525 g/mol. The molecule has 0 unspecified atom stereocenters. The number of benzene rings is 1. The van der Waals surface area contributed by atoms with Crippen molar-refractivity contribution >= 4 is 34.8 Å². The number of nitrogens with zero attached hydrogens (tertiary/aromatic N) is 5. The first-order chi connectivity index (χ1) is 17.6. The van der Waals surface area contributed by atoms with Gasteiger partial charge in [-0.05, 0) is 6.07 Å². The number of carbonyl (C=O) groups excluding carboxylic acids is 2. The summed E-state index contributed by atoms with van der Waals surface area (Å²) in [6, 6.07) is 1.82. The van der Waals surface area contributed by atoms with E-state index in [1.54, 1.807) is 0 Å². The van der Waals surface area contributed by atoms with Gasteiger partial charge in [-0.15, -0.1) is 4.80 Å². The average Bonchev–Trinajstić information content (AvgIpc) is 3.39. The predicted molar refractivity (Wildman–Crippen MR) is 121 cm³/mol. The zero-order valence-corrected chi connectivity index (χ0v) is 19.2. The molecule has 9 nitrogen and oxygen atoms in total. The summed E-state index contributed by atoms with van der Waals surface area (Å²) in [5, 5.41) is 11.8. The third kappa shape index (κ3) is 4.95. The molecule has 0 saturated carbocycles. The lowest BCUT2D eigenvalue weighted by atomic mass is 10.0. The van der Waals surface area contributed by atoms with Crippen molar-refractivity contribution in [2.45, 2.75) is 13.3 Å². The quantitative estimate of drug-likeness (QED) is 0.273. The Hall–Kier alpha value is -4.46. The molecular formula is C22H13ClF5N7O2. The Bertz CT molecular complexity index is 1500. The summed E-state index contributed by atoms with van der Waals surface area (Å²) in [6.07, 6.45) is 4.19. The highest BCUT2D eigenvalue weighted by Crippen LogP contribution is 2.35. The number of carbonyl (C=O) groups is 2. The number of amides is 2. The van der Waals surface area contributed by atoms with Gasteiger partial charge in [-0.3, -0.25) is 14.6 Å². The van der Waals surface area contributed by atoms with Gasteiger partial charge in [0.05, 0.1) is 46.7 Å². The lowest BCUT2D eigenvalue weighted by molar-refractivity contribution is -0.115. The molecule has 0 bridgehead atoms. The molecule has 0 aliphatic heterocycles. The van der Waals surface area contributed by atoms with Gasteiger partial charge in [0.2, 0.25) is 5.91 Å². The summed E-state index contributed by atoms with van der Waals surface area (Å²) >= 11 is 6.08. The maximum atomic E-state index is 15.0. The highest BCUT2D eigenvalue weighted by molar-refractivity contribution is 6.32. The second kappa shape index (κ2) is 10.3. The maximum absolute atomic E-state index is 15.0. The van der Waals surface area contributed by atoms with Gasteiger partial charge in [0.25, 0.3) is 5.91 Å². The van der Waals surface area contributed by atoms with Crippen LogP contribution in [0.3, 0.4) is 0 Å². The van der Waals surface area contributed by atoms with Crippen LogP contribution in [-0.2, 0) is 4.79 Å². The van der Waals surface area contributed by atoms with Gasteiger partial charge in [-0.25, -0.2) is 26.9 Å². The Kier molecular flexibility index (Phi) is 7.11. The van der Waals surface area contributed by atoms with Crippen LogP contribution in [0.2, 0.25) is 5.02 Å². The van der Waals surface area contributed by atoms with Crippen LogP contribution in [0.25, 0.3) is 17.1 Å². The molecule has 0 fully saturated rings. The van der Waals surface area contributed by atoms with Crippen LogP contribution in [-0.4, -0.2) is 36.8 Å². The summed E-state index contributed by atoms with van der Waals surface area (Å²) < 4.78 is 73.5. The van der Waals surface area contributed by atoms with Crippen LogP contribution >= 0.6 is 11.6 Å². The highest BCUT2D eigenvalue weighted by atomic mass is 35.5. The van der Waals surface area contributed by atoms with Gasteiger partial charge in [0.1, 0.15) is 17.1 Å². The Balaban J connectivity index is 1.72. The van der Waals surface area contributed by atoms with Crippen molar-refractivity contribution in [3.63, 3.8) is 0 Å². The highest BCUT2D eigenvalue weighted by Gasteiger charge is 2.32. The number of halogens is 6. The van der Waals surface area contributed by atoms with Gasteiger partial charge >= 0.3 is 0 Å². The summed E-state index contributed by atoms with van der Waals surface area (Å²) in [6.45, 7) is 1.44. The van der Waals surface area contributed by atoms with Gasteiger partial charge in [0.15, 0.2) is 29.1 Å². The zero-order valence-electron chi connectivity index (χ0n) is 18.5. The summed E-state index contributed by atoms with van der Waals surface area (Å²) in [7, 11) is 0. The van der Waals surface area contributed by atoms with E-state index in [0.717, 1.165) is 17.1 Å². The number of rotatable bonds is 6. The molecule has 3 aromatic heterocycles. The predicted octanol–water partition coefficient (Wildman–Crippen LogP) is 4.67. The van der Waals surface area contributed by atoms with Gasteiger partial charge in [-0.1, -0.05) is 18.5 Å². The molecule has 0 aliphatic carbocycles. The monoisotopic (exact) mass is 537 g/mol. The number of anilines is 2. The fourth-order valence-corrected chi connectivity index (χ4v) is 3.42. The van der Waals surface area contributed by atoms with Crippen molar-refractivity contribution in [3.8, 4) is 17.1 Å². The number of aromatic nitrogens is 5. The Labute approximate surface area is 209 Å². The van der Waals surface area contributed by atoms with Gasteiger partial charge in [0, 0.05) is 12.5 Å². The fourth-order valence-electron chi connectivity index (χ4n) is 3.18. The van der Waals surface area contributed by atoms with Crippen molar-refractivity contribution < 1.29 is 31.5 Å². The molecule has 0 spiro atoms. The van der Waals surface area contributed by atoms with Crippen molar-refractivity contribution in [1.82, 2.24) is 25.0 Å². The molecule has 2 N–H and O–H groups in total. The van der Waals surface area contributed by atoms with Crippen LogP contribution in [0.1, 0.15) is 23.7 Å². The Morgan fingerprint density at radius 1 is 0.919 bits per heavy atom. The van der Waals surface area contributed by atoms with Crippen LogP contribution in [0.15, 0.2) is 36.9 Å². The summed E-state index contributed by atoms with van der Waals surface area (Å²) in [5.41, 5.74) is -4.43. The SMILES string of the molecule is CCC(=O)Nc1cc(F)cnc1-c1c(F)c(F)c(C(=O)Nc2cnc(-n3nccn3)c(Cl)c2)c(F)c1F. The molecule has 0 saturated heterocycles. The molecule has 0 aliphatic rings. The minimum Gasteiger partial charge on any atom is -0.324 e. The van der Waals surface area contributed by atoms with Gasteiger partial charge < -0.3 is 10.6 Å². The van der Waals surface area contributed by atoms with E-state index in [2.05, 4.69) is 25.5 Å². The molecule has 1 aromatic carbocycles. The smallest absolute Gasteiger partial charge is 0.261 e. The third-order valence-electron chi connectivity index (χ3n) is 4.86. The molecule has 0 radical (unpaired) electrons. The number of pyridine rings is 2. The Morgan fingerprint density at radius 3 is 2.16 bits per heavy atom. The first kappa shape index (κ1) is 25.6. The van der Waals surface area contributed by atoms with E-state index in [0.29, 0.717) is 12.3 Å². The molecule has 37 heavy (non-hydrogen) atoms. The fraction of sp³-hybridized carbons (Fsp3) is 0.0909. The van der Waals surface area contributed by atoms with Crippen LogP contribution < -0.4 is 10.6 Å². The molecule has 15 heteroatoms. The third-order valence-corrected chi connectivity index (χ3v) is 5.14. The van der Waals surface area contributed by atoms with Crippen molar-refractivity contribution in [1.29, 1.82) is 0 Å². The van der Waals surface area contributed by atoms with Crippen LogP contribution in [0, 0.1) is 29.1 Å². The first-order valence-electron chi connectivity index (χ1n) is 10.3. The van der Waals surface area contributed by atoms with E-state index < -0.39 is 63.4 Å². The largest absolute Gasteiger partial charge is 0.324 e. The van der Waals surface area contributed by atoms with Crippen LogP contribution in [0.5, 0.6) is 0 Å². The topological polar surface area (TPSA) is 115 Å².